The highest BCUT2D eigenvalue weighted by Gasteiger charge is 2.26. The Balaban J connectivity index is 1.71. The SMILES string of the molecule is CCOc1c(/C(C)=C/C(=O)N2CCC(C(N)=O)CC2)cc2c(-c3ccc(OC)cc3)coc2c1C. The van der Waals surface area contributed by atoms with Crippen LogP contribution in [0.15, 0.2) is 47.1 Å². The molecule has 4 rings (SSSR count). The second kappa shape index (κ2) is 10.3. The predicted molar refractivity (Wildman–Crippen MR) is 136 cm³/mol. The van der Waals surface area contributed by atoms with E-state index < -0.39 is 0 Å². The van der Waals surface area contributed by atoms with Crippen molar-refractivity contribution in [1.29, 1.82) is 0 Å². The molecule has 0 unspecified atom stereocenters. The van der Waals surface area contributed by atoms with Crippen LogP contribution in [0.4, 0.5) is 0 Å². The number of benzene rings is 2. The van der Waals surface area contributed by atoms with E-state index in [0.717, 1.165) is 44.5 Å². The van der Waals surface area contributed by atoms with Gasteiger partial charge in [-0.1, -0.05) is 12.1 Å². The molecule has 2 N–H and O–H groups in total. The molecular formula is C28H32N2O5. The van der Waals surface area contributed by atoms with Crippen molar-refractivity contribution >= 4 is 28.4 Å². The first-order valence-electron chi connectivity index (χ1n) is 11.9. The summed E-state index contributed by atoms with van der Waals surface area (Å²) in [4.78, 5) is 26.3. The van der Waals surface area contributed by atoms with Gasteiger partial charge in [-0.2, -0.15) is 0 Å². The molecule has 3 aromatic rings. The molecule has 1 saturated heterocycles. The number of nitrogens with two attached hydrogens (primary N) is 1. The molecule has 184 valence electrons. The lowest BCUT2D eigenvalue weighted by molar-refractivity contribution is -0.130. The van der Waals surface area contributed by atoms with Crippen LogP contribution in [0.25, 0.3) is 27.7 Å². The van der Waals surface area contributed by atoms with Crippen LogP contribution in [0, 0.1) is 12.8 Å². The quantitative estimate of drug-likeness (QED) is 0.487. The Hall–Kier alpha value is -3.74. The minimum absolute atomic E-state index is 0.0757. The summed E-state index contributed by atoms with van der Waals surface area (Å²) in [5.41, 5.74) is 10.7. The van der Waals surface area contributed by atoms with Crippen molar-refractivity contribution in [1.82, 2.24) is 4.90 Å². The van der Waals surface area contributed by atoms with E-state index in [2.05, 4.69) is 0 Å². The van der Waals surface area contributed by atoms with Crippen LogP contribution in [0.3, 0.4) is 0 Å². The normalized spacial score (nSPS) is 14.9. The fourth-order valence-corrected chi connectivity index (χ4v) is 4.67. The topological polar surface area (TPSA) is 95.0 Å². The summed E-state index contributed by atoms with van der Waals surface area (Å²) in [7, 11) is 1.64. The van der Waals surface area contributed by atoms with Crippen molar-refractivity contribution in [3.05, 3.63) is 53.8 Å². The smallest absolute Gasteiger partial charge is 0.246 e. The summed E-state index contributed by atoms with van der Waals surface area (Å²) in [6.45, 7) is 7.37. The zero-order valence-electron chi connectivity index (χ0n) is 20.7. The first-order chi connectivity index (χ1) is 16.8. The molecule has 0 atom stereocenters. The van der Waals surface area contributed by atoms with Crippen molar-refractivity contribution in [2.45, 2.75) is 33.6 Å². The molecule has 7 nitrogen and oxygen atoms in total. The summed E-state index contributed by atoms with van der Waals surface area (Å²) in [6, 6.07) is 9.87. The Morgan fingerprint density at radius 2 is 1.89 bits per heavy atom. The van der Waals surface area contributed by atoms with E-state index in [1.165, 1.54) is 0 Å². The molecule has 2 amide bonds. The molecule has 1 aliphatic heterocycles. The van der Waals surface area contributed by atoms with Crippen molar-refractivity contribution < 1.29 is 23.5 Å². The average Bonchev–Trinajstić information content (AvgIpc) is 3.30. The van der Waals surface area contributed by atoms with Gasteiger partial charge in [0.25, 0.3) is 0 Å². The summed E-state index contributed by atoms with van der Waals surface area (Å²) in [5.74, 6) is 0.977. The second-order valence-electron chi connectivity index (χ2n) is 8.90. The number of carbonyl (C=O) groups is 2. The highest BCUT2D eigenvalue weighted by molar-refractivity contribution is 6.01. The molecule has 2 heterocycles. The average molecular weight is 477 g/mol. The van der Waals surface area contributed by atoms with E-state index in [0.29, 0.717) is 38.3 Å². The van der Waals surface area contributed by atoms with Gasteiger partial charge >= 0.3 is 0 Å². The highest BCUT2D eigenvalue weighted by atomic mass is 16.5. The number of primary amides is 1. The number of aryl methyl sites for hydroxylation is 1. The number of carbonyl (C=O) groups excluding carboxylic acids is 2. The Labute approximate surface area is 205 Å². The minimum Gasteiger partial charge on any atom is -0.497 e. The molecule has 0 aliphatic carbocycles. The number of nitrogens with zero attached hydrogens (tertiary/aromatic N) is 1. The van der Waals surface area contributed by atoms with Crippen LogP contribution >= 0.6 is 0 Å². The number of hydrogen-bond donors (Lipinski definition) is 1. The third kappa shape index (κ3) is 4.90. The number of ether oxygens (including phenoxy) is 2. The van der Waals surface area contributed by atoms with Gasteiger partial charge in [-0.15, -0.1) is 0 Å². The molecule has 0 radical (unpaired) electrons. The molecule has 0 spiro atoms. The fraction of sp³-hybridized carbons (Fsp3) is 0.357. The van der Waals surface area contributed by atoms with E-state index in [4.69, 9.17) is 19.6 Å². The van der Waals surface area contributed by atoms with Gasteiger partial charge in [0, 0.05) is 47.2 Å². The Kier molecular flexibility index (Phi) is 7.15. The number of furan rings is 1. The van der Waals surface area contributed by atoms with Crippen molar-refractivity contribution in [3.8, 4) is 22.6 Å². The van der Waals surface area contributed by atoms with Gasteiger partial charge < -0.3 is 24.5 Å². The van der Waals surface area contributed by atoms with Crippen LogP contribution in [0.1, 0.15) is 37.8 Å². The van der Waals surface area contributed by atoms with E-state index in [1.54, 1.807) is 24.3 Å². The zero-order valence-corrected chi connectivity index (χ0v) is 20.7. The Bertz CT molecular complexity index is 1260. The number of hydrogen-bond acceptors (Lipinski definition) is 5. The molecule has 2 aromatic carbocycles. The van der Waals surface area contributed by atoms with Gasteiger partial charge in [0.1, 0.15) is 17.1 Å². The molecule has 1 fully saturated rings. The first-order valence-corrected chi connectivity index (χ1v) is 11.9. The maximum absolute atomic E-state index is 13.0. The standard InChI is InChI=1S/C28H32N2O5/c1-5-34-26-18(3)27-23(24(16-35-27)19-6-8-21(33-4)9-7-19)15-22(26)17(2)14-25(31)30-12-10-20(11-13-30)28(29)32/h6-9,14-16,20H,5,10-13H2,1-4H3,(H2,29,32)/b17-14+. The third-order valence-electron chi connectivity index (χ3n) is 6.71. The molecule has 35 heavy (non-hydrogen) atoms. The minimum atomic E-state index is -0.290. The summed E-state index contributed by atoms with van der Waals surface area (Å²) in [5, 5.41) is 0.952. The number of methoxy groups -OCH3 is 1. The molecule has 7 heteroatoms. The fourth-order valence-electron chi connectivity index (χ4n) is 4.67. The number of fused-ring (bicyclic) bond motifs is 1. The molecular weight excluding hydrogens is 444 g/mol. The number of rotatable bonds is 7. The number of piperidine rings is 1. The van der Waals surface area contributed by atoms with E-state index >= 15 is 0 Å². The van der Waals surface area contributed by atoms with Gasteiger partial charge in [-0.25, -0.2) is 0 Å². The maximum atomic E-state index is 13.0. The van der Waals surface area contributed by atoms with Gasteiger partial charge in [-0.3, -0.25) is 9.59 Å². The Morgan fingerprint density at radius 3 is 2.49 bits per heavy atom. The van der Waals surface area contributed by atoms with Gasteiger partial charge in [0.05, 0.1) is 20.0 Å². The Morgan fingerprint density at radius 1 is 1.20 bits per heavy atom. The largest absolute Gasteiger partial charge is 0.497 e. The number of likely N-dealkylation sites (tertiary alicyclic amines) is 1. The molecule has 1 aliphatic rings. The van der Waals surface area contributed by atoms with E-state index in [1.807, 2.05) is 51.1 Å². The van der Waals surface area contributed by atoms with Crippen molar-refractivity contribution in [2.75, 3.05) is 26.8 Å². The lowest BCUT2D eigenvalue weighted by atomic mass is 9.95. The van der Waals surface area contributed by atoms with Crippen LogP contribution in [-0.4, -0.2) is 43.5 Å². The van der Waals surface area contributed by atoms with Crippen LogP contribution in [-0.2, 0) is 9.59 Å². The van der Waals surface area contributed by atoms with E-state index in [9.17, 15) is 9.59 Å². The zero-order chi connectivity index (χ0) is 25.1. The second-order valence-corrected chi connectivity index (χ2v) is 8.90. The highest BCUT2D eigenvalue weighted by Crippen LogP contribution is 2.41. The first kappa shape index (κ1) is 24.4. The van der Waals surface area contributed by atoms with Gasteiger partial charge in [0.2, 0.25) is 11.8 Å². The van der Waals surface area contributed by atoms with Crippen molar-refractivity contribution in [3.63, 3.8) is 0 Å². The van der Waals surface area contributed by atoms with E-state index in [-0.39, 0.29) is 17.7 Å². The number of amides is 2. The van der Waals surface area contributed by atoms with Crippen LogP contribution in [0.2, 0.25) is 0 Å². The predicted octanol–water partition coefficient (Wildman–Crippen LogP) is 4.94. The molecule has 0 bridgehead atoms. The monoisotopic (exact) mass is 476 g/mol. The van der Waals surface area contributed by atoms with Gasteiger partial charge in [0.15, 0.2) is 0 Å². The molecule has 0 saturated carbocycles. The van der Waals surface area contributed by atoms with Gasteiger partial charge in [-0.05, 0) is 62.9 Å². The van der Waals surface area contributed by atoms with Crippen LogP contribution < -0.4 is 15.2 Å². The molecule has 1 aromatic heterocycles. The summed E-state index contributed by atoms with van der Waals surface area (Å²) >= 11 is 0. The number of allylic oxidation sites excluding steroid dienone is 1. The van der Waals surface area contributed by atoms with Crippen LogP contribution in [0.5, 0.6) is 11.5 Å². The summed E-state index contributed by atoms with van der Waals surface area (Å²) < 4.78 is 17.3. The lowest BCUT2D eigenvalue weighted by Gasteiger charge is -2.30. The maximum Gasteiger partial charge on any atom is 0.246 e. The summed E-state index contributed by atoms with van der Waals surface area (Å²) in [6.07, 6.45) is 4.61. The lowest BCUT2D eigenvalue weighted by Crippen LogP contribution is -2.41. The third-order valence-corrected chi connectivity index (χ3v) is 6.71. The van der Waals surface area contributed by atoms with Crippen molar-refractivity contribution in [2.24, 2.45) is 11.7 Å².